The van der Waals surface area contributed by atoms with Crippen LogP contribution in [0.5, 0.6) is 0 Å². The second-order valence-corrected chi connectivity index (χ2v) is 4.97. The minimum atomic E-state index is -0.802. The van der Waals surface area contributed by atoms with Crippen LogP contribution in [0.15, 0.2) is 28.7 Å². The van der Waals surface area contributed by atoms with Crippen molar-refractivity contribution >= 4 is 21.9 Å². The van der Waals surface area contributed by atoms with E-state index in [0.717, 1.165) is 27.2 Å². The molecule has 0 amide bonds. The third-order valence-electron chi connectivity index (χ3n) is 2.60. The van der Waals surface area contributed by atoms with Crippen LogP contribution in [-0.4, -0.2) is 21.0 Å². The smallest absolute Gasteiger partial charge is 0.303 e. The largest absolute Gasteiger partial charge is 0.481 e. The molecule has 18 heavy (non-hydrogen) atoms. The molecule has 2 N–H and O–H groups in total. The average Bonchev–Trinajstić information content (AvgIpc) is 2.69. The number of H-pyrrole nitrogens is 1. The van der Waals surface area contributed by atoms with Gasteiger partial charge in [-0.05, 0) is 19.1 Å². The van der Waals surface area contributed by atoms with Crippen molar-refractivity contribution in [1.29, 1.82) is 0 Å². The number of aryl methyl sites for hydroxylation is 2. The molecule has 2 rings (SSSR count). The normalized spacial score (nSPS) is 10.6. The highest BCUT2D eigenvalue weighted by Crippen LogP contribution is 2.24. The first-order valence-electron chi connectivity index (χ1n) is 5.59. The van der Waals surface area contributed by atoms with Gasteiger partial charge >= 0.3 is 5.97 Å². The molecule has 0 atom stereocenters. The van der Waals surface area contributed by atoms with Crippen LogP contribution in [0.25, 0.3) is 11.3 Å². The first kappa shape index (κ1) is 12.8. The number of rotatable bonds is 4. The number of benzene rings is 1. The van der Waals surface area contributed by atoms with Gasteiger partial charge in [-0.2, -0.15) is 0 Å². The first-order chi connectivity index (χ1) is 8.56. The summed E-state index contributed by atoms with van der Waals surface area (Å²) in [5.41, 5.74) is 2.70. The molecular formula is C13H13BrN2O2. The lowest BCUT2D eigenvalue weighted by atomic mass is 10.1. The third-order valence-corrected chi connectivity index (χ3v) is 3.13. The van der Waals surface area contributed by atoms with E-state index in [2.05, 4.69) is 25.9 Å². The van der Waals surface area contributed by atoms with Crippen molar-refractivity contribution in [3.63, 3.8) is 0 Å². The average molecular weight is 309 g/mol. The van der Waals surface area contributed by atoms with Gasteiger partial charge < -0.3 is 10.1 Å². The standard InChI is InChI=1S/C13H13BrN2O2/c1-8-15-11(6-7-12(17)18)13(16-8)9-2-4-10(14)5-3-9/h2-5H,6-7H2,1H3,(H,15,16)(H,17,18). The molecule has 0 fully saturated rings. The van der Waals surface area contributed by atoms with Gasteiger partial charge in [-0.15, -0.1) is 0 Å². The van der Waals surface area contributed by atoms with E-state index in [1.807, 2.05) is 31.2 Å². The molecule has 0 unspecified atom stereocenters. The summed E-state index contributed by atoms with van der Waals surface area (Å²) in [7, 11) is 0. The Morgan fingerprint density at radius 1 is 1.39 bits per heavy atom. The molecule has 1 aromatic carbocycles. The Balaban J connectivity index is 2.31. The van der Waals surface area contributed by atoms with E-state index in [9.17, 15) is 4.79 Å². The summed E-state index contributed by atoms with van der Waals surface area (Å²) in [4.78, 5) is 18.2. The number of hydrogen-bond donors (Lipinski definition) is 2. The summed E-state index contributed by atoms with van der Waals surface area (Å²) in [5.74, 6) is -0.00248. The number of aromatic amines is 1. The lowest BCUT2D eigenvalue weighted by Gasteiger charge is -2.01. The van der Waals surface area contributed by atoms with Crippen molar-refractivity contribution in [2.45, 2.75) is 19.8 Å². The van der Waals surface area contributed by atoms with Crippen molar-refractivity contribution in [2.24, 2.45) is 0 Å². The number of aromatic nitrogens is 2. The Hall–Kier alpha value is -1.62. The molecule has 4 nitrogen and oxygen atoms in total. The van der Waals surface area contributed by atoms with Gasteiger partial charge in [-0.25, -0.2) is 4.98 Å². The predicted octanol–water partition coefficient (Wildman–Crippen LogP) is 3.16. The molecule has 1 aromatic heterocycles. The number of carbonyl (C=O) groups is 1. The van der Waals surface area contributed by atoms with E-state index in [-0.39, 0.29) is 6.42 Å². The van der Waals surface area contributed by atoms with Crippen molar-refractivity contribution in [3.05, 3.63) is 40.3 Å². The van der Waals surface area contributed by atoms with Gasteiger partial charge in [0.1, 0.15) is 5.82 Å². The molecule has 0 saturated heterocycles. The highest BCUT2D eigenvalue weighted by atomic mass is 79.9. The summed E-state index contributed by atoms with van der Waals surface area (Å²) < 4.78 is 1.01. The molecule has 5 heteroatoms. The Morgan fingerprint density at radius 2 is 2.06 bits per heavy atom. The summed E-state index contributed by atoms with van der Waals surface area (Å²) in [5, 5.41) is 8.74. The Bertz CT molecular complexity index is 561. The molecule has 0 saturated carbocycles. The van der Waals surface area contributed by atoms with Crippen LogP contribution in [0, 0.1) is 6.92 Å². The van der Waals surface area contributed by atoms with Gasteiger partial charge in [-0.1, -0.05) is 28.1 Å². The van der Waals surface area contributed by atoms with E-state index >= 15 is 0 Å². The number of halogens is 1. The fraction of sp³-hybridized carbons (Fsp3) is 0.231. The van der Waals surface area contributed by atoms with Crippen LogP contribution in [0.4, 0.5) is 0 Å². The van der Waals surface area contributed by atoms with Crippen LogP contribution in [0.1, 0.15) is 17.9 Å². The molecule has 0 aliphatic heterocycles. The predicted molar refractivity (Wildman–Crippen MR) is 72.4 cm³/mol. The van der Waals surface area contributed by atoms with Gasteiger partial charge in [0.15, 0.2) is 0 Å². The third kappa shape index (κ3) is 2.98. The maximum absolute atomic E-state index is 10.6. The lowest BCUT2D eigenvalue weighted by Crippen LogP contribution is -1.99. The van der Waals surface area contributed by atoms with Crippen LogP contribution in [-0.2, 0) is 11.2 Å². The zero-order valence-corrected chi connectivity index (χ0v) is 11.5. The molecule has 0 aliphatic rings. The summed E-state index contributed by atoms with van der Waals surface area (Å²) in [6.45, 7) is 1.87. The van der Waals surface area contributed by atoms with Gasteiger partial charge in [0.2, 0.25) is 0 Å². The van der Waals surface area contributed by atoms with Crippen molar-refractivity contribution in [2.75, 3.05) is 0 Å². The van der Waals surface area contributed by atoms with E-state index in [1.54, 1.807) is 0 Å². The number of nitrogens with one attached hydrogen (secondary N) is 1. The number of aliphatic carboxylic acids is 1. The number of carboxylic acids is 1. The maximum Gasteiger partial charge on any atom is 0.303 e. The molecule has 0 bridgehead atoms. The lowest BCUT2D eigenvalue weighted by molar-refractivity contribution is -0.136. The zero-order valence-electron chi connectivity index (χ0n) is 9.90. The van der Waals surface area contributed by atoms with Gasteiger partial charge in [0, 0.05) is 22.2 Å². The molecule has 0 spiro atoms. The fourth-order valence-electron chi connectivity index (χ4n) is 1.80. The summed E-state index contributed by atoms with van der Waals surface area (Å²) >= 11 is 3.39. The van der Waals surface area contributed by atoms with Crippen LogP contribution in [0.3, 0.4) is 0 Å². The monoisotopic (exact) mass is 308 g/mol. The van der Waals surface area contributed by atoms with Crippen molar-refractivity contribution in [1.82, 2.24) is 9.97 Å². The number of imidazole rings is 1. The molecule has 0 aliphatic carbocycles. The maximum atomic E-state index is 10.6. The topological polar surface area (TPSA) is 66.0 Å². The summed E-state index contributed by atoms with van der Waals surface area (Å²) in [6.07, 6.45) is 0.562. The Kier molecular flexibility index (Phi) is 3.81. The van der Waals surface area contributed by atoms with Crippen LogP contribution < -0.4 is 0 Å². The van der Waals surface area contributed by atoms with Crippen LogP contribution >= 0.6 is 15.9 Å². The van der Waals surface area contributed by atoms with Gasteiger partial charge in [-0.3, -0.25) is 4.79 Å². The summed E-state index contributed by atoms with van der Waals surface area (Å²) in [6, 6.07) is 7.81. The first-order valence-corrected chi connectivity index (χ1v) is 6.39. The highest BCUT2D eigenvalue weighted by molar-refractivity contribution is 9.10. The Morgan fingerprint density at radius 3 is 2.67 bits per heavy atom. The molecule has 94 valence electrons. The SMILES string of the molecule is Cc1nc(-c2ccc(Br)cc2)c(CCC(=O)O)[nH]1. The second kappa shape index (κ2) is 5.35. The van der Waals surface area contributed by atoms with Gasteiger partial charge in [0.05, 0.1) is 12.1 Å². The second-order valence-electron chi connectivity index (χ2n) is 4.05. The molecule has 0 radical (unpaired) electrons. The number of hydrogen-bond acceptors (Lipinski definition) is 2. The van der Waals surface area contributed by atoms with E-state index in [0.29, 0.717) is 6.42 Å². The van der Waals surface area contributed by atoms with E-state index in [4.69, 9.17) is 5.11 Å². The quantitative estimate of drug-likeness (QED) is 0.911. The number of carboxylic acid groups (broad SMARTS) is 1. The van der Waals surface area contributed by atoms with Crippen molar-refractivity contribution in [3.8, 4) is 11.3 Å². The zero-order chi connectivity index (χ0) is 13.1. The van der Waals surface area contributed by atoms with E-state index < -0.39 is 5.97 Å². The molecule has 2 aromatic rings. The van der Waals surface area contributed by atoms with Gasteiger partial charge in [0.25, 0.3) is 0 Å². The number of nitrogens with zero attached hydrogens (tertiary/aromatic N) is 1. The Labute approximate surface area is 113 Å². The van der Waals surface area contributed by atoms with Crippen LogP contribution in [0.2, 0.25) is 0 Å². The van der Waals surface area contributed by atoms with Crippen molar-refractivity contribution < 1.29 is 9.90 Å². The fourth-order valence-corrected chi connectivity index (χ4v) is 2.06. The van der Waals surface area contributed by atoms with E-state index in [1.165, 1.54) is 0 Å². The minimum Gasteiger partial charge on any atom is -0.481 e. The molecular weight excluding hydrogens is 296 g/mol. The highest BCUT2D eigenvalue weighted by Gasteiger charge is 2.11. The molecule has 1 heterocycles. The minimum absolute atomic E-state index is 0.102.